The molecule has 1 aromatic carbocycles. The quantitative estimate of drug-likeness (QED) is 0.682. The Labute approximate surface area is 98.6 Å². The minimum Gasteiger partial charge on any atom is -0.478 e. The van der Waals surface area contributed by atoms with E-state index in [1.54, 1.807) is 6.07 Å². The third-order valence-electron chi connectivity index (χ3n) is 2.50. The molecule has 0 aliphatic rings. The number of hydrogen-bond acceptors (Lipinski definition) is 4. The molecule has 0 aliphatic heterocycles. The maximum Gasteiger partial charge on any atom is 0.337 e. The zero-order valence-electron chi connectivity index (χ0n) is 9.18. The van der Waals surface area contributed by atoms with Gasteiger partial charge in [-0.1, -0.05) is 6.07 Å². The van der Waals surface area contributed by atoms with Crippen molar-refractivity contribution in [3.05, 3.63) is 34.4 Å². The Morgan fingerprint density at radius 1 is 1.24 bits per heavy atom. The van der Waals surface area contributed by atoms with Crippen LogP contribution in [0, 0.1) is 11.3 Å². The summed E-state index contributed by atoms with van der Waals surface area (Å²) in [6, 6.07) is 4.78. The topological polar surface area (TPSA) is 102 Å². The fourth-order valence-electron chi connectivity index (χ4n) is 1.75. The molecule has 1 rings (SSSR count). The number of carboxylic acid groups (broad SMARTS) is 1. The van der Waals surface area contributed by atoms with E-state index >= 15 is 0 Å². The van der Waals surface area contributed by atoms with Gasteiger partial charge in [-0.05, 0) is 30.0 Å². The Bertz CT molecular complexity index is 462. The third-order valence-corrected chi connectivity index (χ3v) is 2.50. The summed E-state index contributed by atoms with van der Waals surface area (Å²) in [6.07, 6.45) is 0.545. The number of nitriles is 1. The van der Waals surface area contributed by atoms with Crippen molar-refractivity contribution in [2.45, 2.75) is 12.8 Å². The first kappa shape index (κ1) is 13.2. The molecule has 5 heteroatoms. The number of benzene rings is 1. The van der Waals surface area contributed by atoms with E-state index < -0.39 is 5.97 Å². The van der Waals surface area contributed by atoms with E-state index in [0.717, 1.165) is 0 Å². The zero-order valence-corrected chi connectivity index (χ0v) is 9.18. The lowest BCUT2D eigenvalue weighted by Gasteiger charge is -2.11. The van der Waals surface area contributed by atoms with E-state index in [2.05, 4.69) is 0 Å². The summed E-state index contributed by atoms with van der Waals surface area (Å²) in [5.74, 6) is -1.17. The van der Waals surface area contributed by atoms with Crippen LogP contribution in [0.25, 0.3) is 0 Å². The van der Waals surface area contributed by atoms with Crippen molar-refractivity contribution in [2.75, 3.05) is 13.2 Å². The van der Waals surface area contributed by atoms with Gasteiger partial charge in [0.25, 0.3) is 0 Å². The number of hydrogen-bond donors (Lipinski definition) is 3. The van der Waals surface area contributed by atoms with E-state index in [1.807, 2.05) is 6.07 Å². The Hall–Kier alpha value is -1.90. The third kappa shape index (κ3) is 2.81. The number of carboxylic acids is 1. The molecule has 0 aliphatic carbocycles. The monoisotopic (exact) mass is 235 g/mol. The number of rotatable bonds is 5. The molecular formula is C12H13NO4. The molecule has 0 radical (unpaired) electrons. The second-order valence-electron chi connectivity index (χ2n) is 3.49. The van der Waals surface area contributed by atoms with Gasteiger partial charge in [0.2, 0.25) is 0 Å². The summed E-state index contributed by atoms with van der Waals surface area (Å²) < 4.78 is 0. The molecule has 5 nitrogen and oxygen atoms in total. The molecule has 0 unspecified atom stereocenters. The van der Waals surface area contributed by atoms with Gasteiger partial charge < -0.3 is 15.3 Å². The van der Waals surface area contributed by atoms with Crippen molar-refractivity contribution in [1.82, 2.24) is 0 Å². The highest BCUT2D eigenvalue weighted by Gasteiger charge is 2.16. The van der Waals surface area contributed by atoms with Crippen LogP contribution in [0.3, 0.4) is 0 Å². The molecule has 0 amide bonds. The Balaban J connectivity index is 3.39. The highest BCUT2D eigenvalue weighted by atomic mass is 16.4. The van der Waals surface area contributed by atoms with Crippen molar-refractivity contribution in [1.29, 1.82) is 5.26 Å². The van der Waals surface area contributed by atoms with Gasteiger partial charge in [-0.15, -0.1) is 0 Å². The summed E-state index contributed by atoms with van der Waals surface area (Å²) in [7, 11) is 0. The maximum atomic E-state index is 10.9. The van der Waals surface area contributed by atoms with Gasteiger partial charge in [-0.3, -0.25) is 0 Å². The fraction of sp³-hybridized carbons (Fsp3) is 0.333. The average molecular weight is 235 g/mol. The summed E-state index contributed by atoms with van der Waals surface area (Å²) in [5.41, 5.74) is 1.20. The molecule has 17 heavy (non-hydrogen) atoms. The van der Waals surface area contributed by atoms with Gasteiger partial charge in [-0.25, -0.2) is 4.79 Å². The normalized spacial score (nSPS) is 9.94. The fourth-order valence-corrected chi connectivity index (χ4v) is 1.75. The molecule has 1 aromatic rings. The molecule has 0 saturated carbocycles. The van der Waals surface area contributed by atoms with Crippen LogP contribution >= 0.6 is 0 Å². The van der Waals surface area contributed by atoms with Crippen LogP contribution in [0.4, 0.5) is 0 Å². The van der Waals surface area contributed by atoms with Gasteiger partial charge in [0.15, 0.2) is 0 Å². The van der Waals surface area contributed by atoms with Crippen molar-refractivity contribution in [3.8, 4) is 6.07 Å². The van der Waals surface area contributed by atoms with Crippen LogP contribution in [0.2, 0.25) is 0 Å². The van der Waals surface area contributed by atoms with Crippen LogP contribution in [0.1, 0.15) is 27.0 Å². The van der Waals surface area contributed by atoms with Crippen LogP contribution in [0.15, 0.2) is 12.1 Å². The van der Waals surface area contributed by atoms with Gasteiger partial charge in [-0.2, -0.15) is 5.26 Å². The van der Waals surface area contributed by atoms with Crippen molar-refractivity contribution < 1.29 is 20.1 Å². The van der Waals surface area contributed by atoms with Crippen LogP contribution in [0.5, 0.6) is 0 Å². The van der Waals surface area contributed by atoms with Crippen LogP contribution in [-0.4, -0.2) is 34.5 Å². The number of aliphatic hydroxyl groups is 2. The maximum absolute atomic E-state index is 10.9. The first-order chi connectivity index (χ1) is 8.15. The molecule has 0 heterocycles. The first-order valence-electron chi connectivity index (χ1n) is 5.15. The predicted molar refractivity (Wildman–Crippen MR) is 59.7 cm³/mol. The van der Waals surface area contributed by atoms with Gasteiger partial charge in [0.05, 0.1) is 11.1 Å². The highest BCUT2D eigenvalue weighted by molar-refractivity contribution is 5.91. The second-order valence-corrected chi connectivity index (χ2v) is 3.49. The number of nitrogens with zero attached hydrogens (tertiary/aromatic N) is 1. The smallest absolute Gasteiger partial charge is 0.337 e. The van der Waals surface area contributed by atoms with Crippen molar-refractivity contribution in [3.63, 3.8) is 0 Å². The molecule has 0 spiro atoms. The largest absolute Gasteiger partial charge is 0.478 e. The van der Waals surface area contributed by atoms with E-state index in [9.17, 15) is 4.79 Å². The lowest BCUT2D eigenvalue weighted by atomic mass is 9.93. The molecule has 0 bridgehead atoms. The van der Waals surface area contributed by atoms with Gasteiger partial charge in [0.1, 0.15) is 6.07 Å². The van der Waals surface area contributed by atoms with Crippen LogP contribution < -0.4 is 0 Å². The number of carbonyl (C=O) groups is 1. The lowest BCUT2D eigenvalue weighted by Crippen LogP contribution is -2.09. The van der Waals surface area contributed by atoms with Gasteiger partial charge in [0, 0.05) is 13.2 Å². The Kier molecular flexibility index (Phi) is 4.64. The molecular weight excluding hydrogens is 222 g/mol. The molecule has 3 N–H and O–H groups in total. The predicted octanol–water partition coefficient (Wildman–Crippen LogP) is 0.326. The van der Waals surface area contributed by atoms with Crippen molar-refractivity contribution in [2.24, 2.45) is 0 Å². The average Bonchev–Trinajstić information content (AvgIpc) is 2.31. The van der Waals surface area contributed by atoms with E-state index in [1.165, 1.54) is 6.07 Å². The molecule has 0 saturated heterocycles. The molecule has 0 atom stereocenters. The van der Waals surface area contributed by atoms with E-state index in [4.69, 9.17) is 20.6 Å². The lowest BCUT2D eigenvalue weighted by molar-refractivity contribution is 0.0696. The van der Waals surface area contributed by atoms with Gasteiger partial charge >= 0.3 is 5.97 Å². The number of aliphatic hydroxyl groups excluding tert-OH is 2. The summed E-state index contributed by atoms with van der Waals surface area (Å²) in [4.78, 5) is 10.9. The summed E-state index contributed by atoms with van der Waals surface area (Å²) in [6.45, 7) is -0.258. The standard InChI is InChI=1S/C12H13NO4/c13-7-11-9(4-6-15)8(3-5-14)1-2-10(11)12(16)17/h1-2,14-15H,3-6H2,(H,16,17). The summed E-state index contributed by atoms with van der Waals surface area (Å²) >= 11 is 0. The molecule has 0 fully saturated rings. The second kappa shape index (κ2) is 5.99. The highest BCUT2D eigenvalue weighted by Crippen LogP contribution is 2.20. The zero-order chi connectivity index (χ0) is 12.8. The minimum atomic E-state index is -1.17. The van der Waals surface area contributed by atoms with Crippen LogP contribution in [-0.2, 0) is 12.8 Å². The van der Waals surface area contributed by atoms with Crippen molar-refractivity contribution >= 4 is 5.97 Å². The first-order valence-corrected chi connectivity index (χ1v) is 5.15. The summed E-state index contributed by atoms with van der Waals surface area (Å²) in [5, 5.41) is 35.8. The van der Waals surface area contributed by atoms with E-state index in [0.29, 0.717) is 17.5 Å². The Morgan fingerprint density at radius 2 is 1.88 bits per heavy atom. The van der Waals surface area contributed by atoms with E-state index in [-0.39, 0.29) is 30.8 Å². The SMILES string of the molecule is N#Cc1c(C(=O)O)ccc(CCO)c1CCO. The molecule has 90 valence electrons. The number of aromatic carboxylic acids is 1. The molecule has 0 aromatic heterocycles. The minimum absolute atomic E-state index is 0.0671. The Morgan fingerprint density at radius 3 is 2.35 bits per heavy atom.